The van der Waals surface area contributed by atoms with Crippen molar-refractivity contribution in [2.75, 3.05) is 26.2 Å². The number of nitrogens with one attached hydrogen (secondary N) is 1. The molecule has 2 aromatic rings. The summed E-state index contributed by atoms with van der Waals surface area (Å²) >= 11 is 0. The second-order valence-corrected chi connectivity index (χ2v) is 7.18. The molecule has 1 aromatic heterocycles. The maximum Gasteiger partial charge on any atom is 0.246 e. The standard InChI is InChI=1S/C23H28N2O4/c1-2-28-21-7-5-18(6-8-21)16-22(26)24-17-19-11-13-25(14-12-19)23(27)10-9-20-4-3-15-29-20/h3-10,15,19H,2,11-14,16-17H2,1H3,(H,24,26)/b10-9+. The highest BCUT2D eigenvalue weighted by Crippen LogP contribution is 2.17. The highest BCUT2D eigenvalue weighted by atomic mass is 16.5. The Morgan fingerprint density at radius 3 is 2.62 bits per heavy atom. The third-order valence-corrected chi connectivity index (χ3v) is 5.05. The first-order chi connectivity index (χ1) is 14.1. The second-order valence-electron chi connectivity index (χ2n) is 7.18. The summed E-state index contributed by atoms with van der Waals surface area (Å²) < 4.78 is 10.6. The number of piperidine rings is 1. The molecule has 1 aromatic carbocycles. The predicted octanol–water partition coefficient (Wildman–Crippen LogP) is 3.29. The topological polar surface area (TPSA) is 71.8 Å². The first kappa shape index (κ1) is 20.7. The number of hydrogen-bond acceptors (Lipinski definition) is 4. The molecule has 1 aliphatic heterocycles. The van der Waals surface area contributed by atoms with E-state index in [0.29, 0.717) is 44.3 Å². The van der Waals surface area contributed by atoms with Gasteiger partial charge in [0.05, 0.1) is 19.3 Å². The molecule has 0 bridgehead atoms. The second kappa shape index (κ2) is 10.5. The van der Waals surface area contributed by atoms with Crippen molar-refractivity contribution in [1.29, 1.82) is 0 Å². The number of carbonyl (C=O) groups is 2. The van der Waals surface area contributed by atoms with Gasteiger partial charge in [0.15, 0.2) is 0 Å². The third-order valence-electron chi connectivity index (χ3n) is 5.05. The van der Waals surface area contributed by atoms with Crippen molar-refractivity contribution in [3.05, 3.63) is 60.1 Å². The number of benzene rings is 1. The Bertz CT molecular complexity index is 804. The smallest absolute Gasteiger partial charge is 0.246 e. The van der Waals surface area contributed by atoms with Crippen LogP contribution in [0.1, 0.15) is 31.1 Å². The van der Waals surface area contributed by atoms with Gasteiger partial charge in [-0.3, -0.25) is 9.59 Å². The first-order valence-electron chi connectivity index (χ1n) is 10.1. The average Bonchev–Trinajstić information content (AvgIpc) is 3.26. The maximum absolute atomic E-state index is 12.3. The molecule has 2 amide bonds. The lowest BCUT2D eigenvalue weighted by Gasteiger charge is -2.31. The molecule has 0 unspecified atom stereocenters. The van der Waals surface area contributed by atoms with Gasteiger partial charge in [0, 0.05) is 25.7 Å². The van der Waals surface area contributed by atoms with Gasteiger partial charge in [-0.05, 0) is 61.6 Å². The van der Waals surface area contributed by atoms with Crippen LogP contribution in [-0.4, -0.2) is 43.0 Å². The molecule has 6 heteroatoms. The van der Waals surface area contributed by atoms with E-state index in [1.165, 1.54) is 0 Å². The van der Waals surface area contributed by atoms with Crippen LogP contribution in [-0.2, 0) is 16.0 Å². The van der Waals surface area contributed by atoms with Gasteiger partial charge in [-0.15, -0.1) is 0 Å². The van der Waals surface area contributed by atoms with Gasteiger partial charge in [0.2, 0.25) is 11.8 Å². The van der Waals surface area contributed by atoms with E-state index in [1.54, 1.807) is 24.5 Å². The van der Waals surface area contributed by atoms with Gasteiger partial charge < -0.3 is 19.4 Å². The Kier molecular flexibility index (Phi) is 7.50. The summed E-state index contributed by atoms with van der Waals surface area (Å²) in [6.45, 7) is 4.64. The van der Waals surface area contributed by atoms with E-state index in [9.17, 15) is 9.59 Å². The molecule has 1 N–H and O–H groups in total. The number of nitrogens with zero attached hydrogens (tertiary/aromatic N) is 1. The van der Waals surface area contributed by atoms with Gasteiger partial charge in [-0.1, -0.05) is 12.1 Å². The lowest BCUT2D eigenvalue weighted by atomic mass is 9.96. The van der Waals surface area contributed by atoms with E-state index in [0.717, 1.165) is 24.2 Å². The molecule has 1 saturated heterocycles. The minimum Gasteiger partial charge on any atom is -0.494 e. The summed E-state index contributed by atoms with van der Waals surface area (Å²) in [4.78, 5) is 26.3. The Labute approximate surface area is 171 Å². The van der Waals surface area contributed by atoms with Crippen molar-refractivity contribution in [2.45, 2.75) is 26.2 Å². The molecule has 0 radical (unpaired) electrons. The minimum atomic E-state index is -0.000569. The van der Waals surface area contributed by atoms with Crippen molar-refractivity contribution in [1.82, 2.24) is 10.2 Å². The highest BCUT2D eigenvalue weighted by molar-refractivity contribution is 5.91. The maximum atomic E-state index is 12.3. The van der Waals surface area contributed by atoms with Crippen molar-refractivity contribution in [3.63, 3.8) is 0 Å². The van der Waals surface area contributed by atoms with E-state index in [2.05, 4.69) is 5.32 Å². The largest absolute Gasteiger partial charge is 0.494 e. The predicted molar refractivity (Wildman–Crippen MR) is 111 cm³/mol. The molecule has 0 atom stereocenters. The Morgan fingerprint density at radius 2 is 1.97 bits per heavy atom. The van der Waals surface area contributed by atoms with Crippen LogP contribution in [0, 0.1) is 5.92 Å². The Balaban J connectivity index is 1.36. The Hall–Kier alpha value is -3.02. The molecule has 0 saturated carbocycles. The van der Waals surface area contributed by atoms with Crippen LogP contribution in [0.15, 0.2) is 53.2 Å². The normalized spacial score (nSPS) is 14.9. The summed E-state index contributed by atoms with van der Waals surface area (Å²) in [5.41, 5.74) is 0.967. The van der Waals surface area contributed by atoms with Gasteiger partial charge in [-0.2, -0.15) is 0 Å². The molecule has 29 heavy (non-hydrogen) atoms. The monoisotopic (exact) mass is 396 g/mol. The molecule has 6 nitrogen and oxygen atoms in total. The SMILES string of the molecule is CCOc1ccc(CC(=O)NCC2CCN(C(=O)/C=C/c3ccco3)CC2)cc1. The summed E-state index contributed by atoms with van der Waals surface area (Å²) in [5, 5.41) is 3.03. The summed E-state index contributed by atoms with van der Waals surface area (Å²) in [7, 11) is 0. The summed E-state index contributed by atoms with van der Waals surface area (Å²) in [6, 6.07) is 11.2. The zero-order valence-electron chi connectivity index (χ0n) is 16.8. The molecule has 1 aliphatic rings. The van der Waals surface area contributed by atoms with Gasteiger partial charge >= 0.3 is 0 Å². The van der Waals surface area contributed by atoms with Crippen LogP contribution >= 0.6 is 0 Å². The van der Waals surface area contributed by atoms with Crippen LogP contribution in [0.3, 0.4) is 0 Å². The quantitative estimate of drug-likeness (QED) is 0.695. The van der Waals surface area contributed by atoms with E-state index in [-0.39, 0.29) is 11.8 Å². The fourth-order valence-electron chi connectivity index (χ4n) is 3.38. The van der Waals surface area contributed by atoms with Gasteiger partial charge in [0.1, 0.15) is 11.5 Å². The van der Waals surface area contributed by atoms with Crippen LogP contribution in [0.5, 0.6) is 5.75 Å². The van der Waals surface area contributed by atoms with E-state index in [4.69, 9.17) is 9.15 Å². The zero-order valence-corrected chi connectivity index (χ0v) is 16.8. The first-order valence-corrected chi connectivity index (χ1v) is 10.1. The summed E-state index contributed by atoms with van der Waals surface area (Å²) in [6.07, 6.45) is 6.97. The molecule has 3 rings (SSSR count). The Morgan fingerprint density at radius 1 is 1.21 bits per heavy atom. The molecule has 0 spiro atoms. The number of rotatable bonds is 8. The molecular weight excluding hydrogens is 368 g/mol. The lowest BCUT2D eigenvalue weighted by Crippen LogP contribution is -2.41. The number of amides is 2. The van der Waals surface area contributed by atoms with Gasteiger partial charge in [0.25, 0.3) is 0 Å². The third kappa shape index (κ3) is 6.52. The summed E-state index contributed by atoms with van der Waals surface area (Å²) in [5.74, 6) is 1.91. The van der Waals surface area contributed by atoms with Crippen LogP contribution in [0.4, 0.5) is 0 Å². The molecule has 154 valence electrons. The van der Waals surface area contributed by atoms with E-state index >= 15 is 0 Å². The van der Waals surface area contributed by atoms with Crippen LogP contribution < -0.4 is 10.1 Å². The number of ether oxygens (including phenoxy) is 1. The molecule has 2 heterocycles. The fraction of sp³-hybridized carbons (Fsp3) is 0.391. The van der Waals surface area contributed by atoms with Crippen molar-refractivity contribution in [2.24, 2.45) is 5.92 Å². The van der Waals surface area contributed by atoms with E-state index in [1.807, 2.05) is 42.2 Å². The molecule has 0 aliphatic carbocycles. The van der Waals surface area contributed by atoms with Gasteiger partial charge in [-0.25, -0.2) is 0 Å². The van der Waals surface area contributed by atoms with Crippen molar-refractivity contribution >= 4 is 17.9 Å². The number of hydrogen-bond donors (Lipinski definition) is 1. The van der Waals surface area contributed by atoms with E-state index < -0.39 is 0 Å². The fourth-order valence-corrected chi connectivity index (χ4v) is 3.38. The van der Waals surface area contributed by atoms with Crippen LogP contribution in [0.2, 0.25) is 0 Å². The lowest BCUT2D eigenvalue weighted by molar-refractivity contribution is -0.127. The average molecular weight is 396 g/mol. The number of likely N-dealkylation sites (tertiary alicyclic amines) is 1. The highest BCUT2D eigenvalue weighted by Gasteiger charge is 2.22. The molecular formula is C23H28N2O4. The minimum absolute atomic E-state index is 0.000569. The number of carbonyl (C=O) groups excluding carboxylic acids is 2. The number of furan rings is 1. The van der Waals surface area contributed by atoms with Crippen LogP contribution in [0.25, 0.3) is 6.08 Å². The molecule has 1 fully saturated rings. The zero-order chi connectivity index (χ0) is 20.5. The van der Waals surface area contributed by atoms with Crippen molar-refractivity contribution in [3.8, 4) is 5.75 Å². The van der Waals surface area contributed by atoms with Crippen molar-refractivity contribution < 1.29 is 18.7 Å².